The third-order valence-corrected chi connectivity index (χ3v) is 6.17. The monoisotopic (exact) mass is 496 g/mol. The van der Waals surface area contributed by atoms with Crippen molar-refractivity contribution in [3.05, 3.63) is 51.9 Å². The molecule has 0 saturated carbocycles. The first-order valence-corrected chi connectivity index (χ1v) is 10.9. The van der Waals surface area contributed by atoms with Crippen molar-refractivity contribution < 1.29 is 40.3 Å². The lowest BCUT2D eigenvalue weighted by molar-refractivity contribution is -0.137. The molecular weight excluding hydrogens is 477 g/mol. The van der Waals surface area contributed by atoms with Crippen LogP contribution in [0.15, 0.2) is 33.6 Å². The number of nitrogens with zero attached hydrogens (tertiary/aromatic N) is 1. The van der Waals surface area contributed by atoms with Gasteiger partial charge in [0.15, 0.2) is 0 Å². The minimum atomic E-state index is -4.82. The molecule has 0 spiro atoms. The van der Waals surface area contributed by atoms with E-state index in [4.69, 9.17) is 16.0 Å². The summed E-state index contributed by atoms with van der Waals surface area (Å²) in [6, 6.07) is 3.64. The predicted molar refractivity (Wildman–Crippen MR) is 108 cm³/mol. The van der Waals surface area contributed by atoms with Crippen molar-refractivity contribution in [1.82, 2.24) is 9.62 Å². The Morgan fingerprint density at radius 1 is 1.25 bits per heavy atom. The van der Waals surface area contributed by atoms with Gasteiger partial charge >= 0.3 is 12.1 Å². The molecule has 0 saturated heterocycles. The molecule has 13 heteroatoms. The van der Waals surface area contributed by atoms with Crippen molar-refractivity contribution in [3.63, 3.8) is 0 Å². The van der Waals surface area contributed by atoms with Crippen molar-refractivity contribution >= 4 is 33.5 Å². The SMILES string of the molecule is COC(=O)c1cc(CN(C)C(=O)CCNS(=O)(=O)c2ccc(Cl)c(C(F)(F)F)c2)oc1C. The lowest BCUT2D eigenvalue weighted by Crippen LogP contribution is -2.32. The van der Waals surface area contributed by atoms with Crippen molar-refractivity contribution in [1.29, 1.82) is 0 Å². The molecule has 176 valence electrons. The molecule has 0 aliphatic carbocycles. The lowest BCUT2D eigenvalue weighted by atomic mass is 10.2. The van der Waals surface area contributed by atoms with Gasteiger partial charge in [0.2, 0.25) is 15.9 Å². The maximum Gasteiger partial charge on any atom is 0.417 e. The molecule has 8 nitrogen and oxygen atoms in total. The zero-order chi connectivity index (χ0) is 24.3. The van der Waals surface area contributed by atoms with Crippen LogP contribution >= 0.6 is 11.6 Å². The number of rotatable bonds is 8. The minimum absolute atomic E-state index is 0.00947. The minimum Gasteiger partial charge on any atom is -0.465 e. The van der Waals surface area contributed by atoms with E-state index in [0.717, 1.165) is 12.1 Å². The van der Waals surface area contributed by atoms with E-state index in [-0.39, 0.29) is 25.1 Å². The van der Waals surface area contributed by atoms with Crippen LogP contribution in [-0.2, 0) is 32.3 Å². The Morgan fingerprint density at radius 2 is 1.91 bits per heavy atom. The summed E-state index contributed by atoms with van der Waals surface area (Å²) in [5, 5.41) is -0.628. The van der Waals surface area contributed by atoms with Crippen molar-refractivity contribution in [2.24, 2.45) is 0 Å². The molecule has 2 rings (SSSR count). The molecule has 1 amide bonds. The third-order valence-electron chi connectivity index (χ3n) is 4.38. The summed E-state index contributed by atoms with van der Waals surface area (Å²) < 4.78 is 75.6. The smallest absolute Gasteiger partial charge is 0.417 e. The molecule has 0 aliphatic rings. The maximum atomic E-state index is 13.0. The zero-order valence-corrected chi connectivity index (χ0v) is 18.8. The van der Waals surface area contributed by atoms with Crippen LogP contribution in [0.1, 0.15) is 33.9 Å². The van der Waals surface area contributed by atoms with E-state index < -0.39 is 43.6 Å². The van der Waals surface area contributed by atoms with E-state index >= 15 is 0 Å². The summed E-state index contributed by atoms with van der Waals surface area (Å²) in [6.07, 6.45) is -5.09. The zero-order valence-electron chi connectivity index (χ0n) is 17.2. The van der Waals surface area contributed by atoms with E-state index in [0.29, 0.717) is 17.6 Å². The van der Waals surface area contributed by atoms with Crippen LogP contribution in [0, 0.1) is 6.92 Å². The fourth-order valence-corrected chi connectivity index (χ4v) is 3.99. The summed E-state index contributed by atoms with van der Waals surface area (Å²) in [7, 11) is -1.64. The molecule has 32 heavy (non-hydrogen) atoms. The summed E-state index contributed by atoms with van der Waals surface area (Å²) in [4.78, 5) is 24.5. The number of methoxy groups -OCH3 is 1. The fraction of sp³-hybridized carbons (Fsp3) is 0.368. The first-order valence-electron chi connectivity index (χ1n) is 9.04. The number of amides is 1. The van der Waals surface area contributed by atoms with Gasteiger partial charge in [-0.3, -0.25) is 4.79 Å². The number of esters is 1. The highest BCUT2D eigenvalue weighted by Gasteiger charge is 2.34. The van der Waals surface area contributed by atoms with Gasteiger partial charge in [-0.25, -0.2) is 17.9 Å². The van der Waals surface area contributed by atoms with Gasteiger partial charge in [-0.2, -0.15) is 13.2 Å². The number of nitrogens with one attached hydrogen (secondary N) is 1. The van der Waals surface area contributed by atoms with Gasteiger partial charge < -0.3 is 14.1 Å². The summed E-state index contributed by atoms with van der Waals surface area (Å²) in [6.45, 7) is 1.23. The fourth-order valence-electron chi connectivity index (χ4n) is 2.71. The first kappa shape index (κ1) is 25.7. The molecule has 0 aliphatic heterocycles. The predicted octanol–water partition coefficient (Wildman–Crippen LogP) is 3.37. The molecule has 1 N–H and O–H groups in total. The van der Waals surface area contributed by atoms with E-state index in [1.807, 2.05) is 0 Å². The number of ether oxygens (including phenoxy) is 1. The molecule has 0 atom stereocenters. The summed E-state index contributed by atoms with van der Waals surface area (Å²) >= 11 is 5.50. The Kier molecular flexibility index (Phi) is 7.97. The summed E-state index contributed by atoms with van der Waals surface area (Å²) in [5.41, 5.74) is -1.06. The van der Waals surface area contributed by atoms with Gasteiger partial charge in [-0.15, -0.1) is 0 Å². The molecule has 1 aromatic carbocycles. The van der Waals surface area contributed by atoms with E-state index in [9.17, 15) is 31.2 Å². The summed E-state index contributed by atoms with van der Waals surface area (Å²) in [5.74, 6) is -0.410. The first-order chi connectivity index (χ1) is 14.8. The Labute approximate surface area is 187 Å². The molecule has 1 aromatic heterocycles. The van der Waals surface area contributed by atoms with Crippen LogP contribution in [0.3, 0.4) is 0 Å². The second-order valence-electron chi connectivity index (χ2n) is 6.71. The van der Waals surface area contributed by atoms with Gasteiger partial charge in [-0.1, -0.05) is 11.6 Å². The molecule has 0 fully saturated rings. The van der Waals surface area contributed by atoms with Crippen LogP contribution in [0.5, 0.6) is 0 Å². The second kappa shape index (κ2) is 9.92. The molecular formula is C19H20ClF3N2O6S. The quantitative estimate of drug-likeness (QED) is 0.562. The standard InChI is InChI=1S/C19H20ClF3N2O6S/c1-11-14(18(27)30-3)8-12(31-11)10-25(2)17(26)6-7-24-32(28,29)13-4-5-16(20)15(9-13)19(21,22)23/h4-5,8-9,24H,6-7,10H2,1-3H3. The number of sulfonamides is 1. The number of aryl methyl sites for hydroxylation is 1. The lowest BCUT2D eigenvalue weighted by Gasteiger charge is -2.16. The maximum absolute atomic E-state index is 13.0. The van der Waals surface area contributed by atoms with E-state index in [1.165, 1.54) is 25.1 Å². The number of furan rings is 1. The highest BCUT2D eigenvalue weighted by Crippen LogP contribution is 2.35. The highest BCUT2D eigenvalue weighted by molar-refractivity contribution is 7.89. The number of alkyl halides is 3. The number of carbonyl (C=O) groups excluding carboxylic acids is 2. The van der Waals surface area contributed by atoms with Crippen molar-refractivity contribution in [3.8, 4) is 0 Å². The topological polar surface area (TPSA) is 106 Å². The van der Waals surface area contributed by atoms with Gasteiger partial charge in [0.05, 0.1) is 29.1 Å². The molecule has 2 aromatic rings. The van der Waals surface area contributed by atoms with Gasteiger partial charge in [0.25, 0.3) is 0 Å². The number of halogens is 4. The molecule has 0 bridgehead atoms. The van der Waals surface area contributed by atoms with Gasteiger partial charge in [0, 0.05) is 20.0 Å². The average molecular weight is 497 g/mol. The van der Waals surface area contributed by atoms with Gasteiger partial charge in [0.1, 0.15) is 17.1 Å². The van der Waals surface area contributed by atoms with Crippen LogP contribution in [-0.4, -0.2) is 45.9 Å². The van der Waals surface area contributed by atoms with Crippen LogP contribution in [0.2, 0.25) is 5.02 Å². The largest absolute Gasteiger partial charge is 0.465 e. The number of benzene rings is 1. The number of carbonyl (C=O) groups is 2. The Bertz CT molecular complexity index is 1110. The third kappa shape index (κ3) is 6.24. The average Bonchev–Trinajstić information content (AvgIpc) is 3.06. The molecule has 0 unspecified atom stereocenters. The van der Waals surface area contributed by atoms with Crippen LogP contribution in [0.4, 0.5) is 13.2 Å². The molecule has 0 radical (unpaired) electrons. The van der Waals surface area contributed by atoms with Crippen molar-refractivity contribution in [2.45, 2.75) is 31.0 Å². The van der Waals surface area contributed by atoms with Crippen LogP contribution < -0.4 is 4.72 Å². The van der Waals surface area contributed by atoms with Crippen molar-refractivity contribution in [2.75, 3.05) is 20.7 Å². The Balaban J connectivity index is 1.98. The van der Waals surface area contributed by atoms with E-state index in [2.05, 4.69) is 9.46 Å². The van der Waals surface area contributed by atoms with Crippen LogP contribution in [0.25, 0.3) is 0 Å². The molecule has 1 heterocycles. The van der Waals surface area contributed by atoms with E-state index in [1.54, 1.807) is 6.92 Å². The number of hydrogen-bond acceptors (Lipinski definition) is 6. The Morgan fingerprint density at radius 3 is 2.50 bits per heavy atom. The second-order valence-corrected chi connectivity index (χ2v) is 8.89. The normalized spacial score (nSPS) is 12.0. The number of hydrogen-bond donors (Lipinski definition) is 1. The Hall–Kier alpha value is -2.57. The highest BCUT2D eigenvalue weighted by atomic mass is 35.5. The van der Waals surface area contributed by atoms with Gasteiger partial charge in [-0.05, 0) is 31.2 Å².